The van der Waals surface area contributed by atoms with E-state index in [2.05, 4.69) is 28.3 Å². The highest BCUT2D eigenvalue weighted by atomic mass is 32.1. The van der Waals surface area contributed by atoms with Gasteiger partial charge >= 0.3 is 0 Å². The molecule has 5 nitrogen and oxygen atoms in total. The van der Waals surface area contributed by atoms with E-state index >= 15 is 0 Å². The van der Waals surface area contributed by atoms with Crippen LogP contribution in [0.3, 0.4) is 0 Å². The Labute approximate surface area is 150 Å². The molecule has 0 saturated carbocycles. The van der Waals surface area contributed by atoms with Crippen LogP contribution in [0.15, 0.2) is 11.4 Å². The van der Waals surface area contributed by atoms with Gasteiger partial charge in [-0.15, -0.1) is 22.7 Å². The highest BCUT2D eigenvalue weighted by Crippen LogP contribution is 2.36. The highest BCUT2D eigenvalue weighted by molar-refractivity contribution is 7.17. The number of fused-ring (bicyclic) bond motifs is 1. The molecule has 4 heterocycles. The van der Waals surface area contributed by atoms with E-state index in [0.717, 1.165) is 56.5 Å². The fourth-order valence-electron chi connectivity index (χ4n) is 3.25. The van der Waals surface area contributed by atoms with Gasteiger partial charge in [0.2, 0.25) is 5.91 Å². The molecule has 2 aromatic rings. The third-order valence-corrected chi connectivity index (χ3v) is 6.99. The van der Waals surface area contributed by atoms with E-state index < -0.39 is 0 Å². The van der Waals surface area contributed by atoms with E-state index in [9.17, 15) is 4.79 Å². The van der Waals surface area contributed by atoms with E-state index in [0.29, 0.717) is 0 Å². The Bertz CT molecular complexity index is 746. The van der Waals surface area contributed by atoms with E-state index in [4.69, 9.17) is 4.98 Å². The Balaban J connectivity index is 1.52. The first kappa shape index (κ1) is 16.1. The zero-order valence-corrected chi connectivity index (χ0v) is 15.8. The molecular formula is C17H22N4OS2. The lowest BCUT2D eigenvalue weighted by atomic mass is 10.1. The van der Waals surface area contributed by atoms with Gasteiger partial charge in [-0.1, -0.05) is 0 Å². The zero-order chi connectivity index (χ0) is 16.7. The molecule has 4 rings (SSSR count). The summed E-state index contributed by atoms with van der Waals surface area (Å²) < 4.78 is 0. The maximum Gasteiger partial charge on any atom is 0.219 e. The van der Waals surface area contributed by atoms with Crippen LogP contribution >= 0.6 is 22.7 Å². The van der Waals surface area contributed by atoms with E-state index in [1.807, 2.05) is 16.2 Å². The molecule has 1 saturated heterocycles. The molecule has 24 heavy (non-hydrogen) atoms. The van der Waals surface area contributed by atoms with Crippen LogP contribution in [-0.4, -0.2) is 60.5 Å². The van der Waals surface area contributed by atoms with Gasteiger partial charge < -0.3 is 14.7 Å². The van der Waals surface area contributed by atoms with E-state index in [1.165, 1.54) is 15.3 Å². The number of hydrogen-bond acceptors (Lipinski definition) is 6. The van der Waals surface area contributed by atoms with Crippen LogP contribution in [0, 0.1) is 0 Å². The summed E-state index contributed by atoms with van der Waals surface area (Å²) >= 11 is 3.58. The van der Waals surface area contributed by atoms with Gasteiger partial charge in [0.15, 0.2) is 5.13 Å². The number of carbonyl (C=O) groups is 1. The lowest BCUT2D eigenvalue weighted by Gasteiger charge is -2.32. The second-order valence-corrected chi connectivity index (χ2v) is 8.53. The first-order valence-electron chi connectivity index (χ1n) is 8.36. The maximum absolute atomic E-state index is 11.6. The van der Waals surface area contributed by atoms with Crippen molar-refractivity contribution >= 4 is 33.7 Å². The molecule has 0 aliphatic carbocycles. The standard InChI is InChI=1S/C17H22N4OS2/c1-12(22)21-4-3-15-13(10-21)9-16(24-15)14-11-23-17(18-14)20-7-5-19(2)6-8-20/h9,11H,3-8,10H2,1-2H3. The molecule has 0 atom stereocenters. The smallest absolute Gasteiger partial charge is 0.219 e. The first-order chi connectivity index (χ1) is 11.6. The van der Waals surface area contributed by atoms with Gasteiger partial charge in [-0.25, -0.2) is 4.98 Å². The predicted molar refractivity (Wildman–Crippen MR) is 99.9 cm³/mol. The molecule has 2 aliphatic heterocycles. The summed E-state index contributed by atoms with van der Waals surface area (Å²) in [5.74, 6) is 0.166. The third kappa shape index (κ3) is 3.08. The first-order valence-corrected chi connectivity index (χ1v) is 10.1. The maximum atomic E-state index is 11.6. The molecule has 2 aromatic heterocycles. The van der Waals surface area contributed by atoms with Crippen LogP contribution in [-0.2, 0) is 17.8 Å². The summed E-state index contributed by atoms with van der Waals surface area (Å²) in [6.45, 7) is 7.55. The number of carbonyl (C=O) groups excluding carboxylic acids is 1. The summed E-state index contributed by atoms with van der Waals surface area (Å²) in [5, 5.41) is 3.31. The summed E-state index contributed by atoms with van der Waals surface area (Å²) in [6.07, 6.45) is 0.967. The van der Waals surface area contributed by atoms with Crippen molar-refractivity contribution in [2.45, 2.75) is 19.9 Å². The minimum atomic E-state index is 0.166. The number of thiazole rings is 1. The second-order valence-electron chi connectivity index (χ2n) is 6.56. The van der Waals surface area contributed by atoms with Crippen LogP contribution in [0.1, 0.15) is 17.4 Å². The average molecular weight is 363 g/mol. The minimum absolute atomic E-state index is 0.166. The minimum Gasteiger partial charge on any atom is -0.346 e. The van der Waals surface area contributed by atoms with Gasteiger partial charge in [-0.2, -0.15) is 0 Å². The number of amides is 1. The lowest BCUT2D eigenvalue weighted by molar-refractivity contribution is -0.129. The molecule has 128 valence electrons. The quantitative estimate of drug-likeness (QED) is 0.823. The molecule has 1 fully saturated rings. The highest BCUT2D eigenvalue weighted by Gasteiger charge is 2.23. The van der Waals surface area contributed by atoms with Gasteiger partial charge in [0.05, 0.1) is 10.6 Å². The Hall–Kier alpha value is -1.44. The van der Waals surface area contributed by atoms with E-state index in [1.54, 1.807) is 18.3 Å². The number of nitrogens with zero attached hydrogens (tertiary/aromatic N) is 4. The normalized spacial score (nSPS) is 18.8. The van der Waals surface area contributed by atoms with Crippen LogP contribution in [0.25, 0.3) is 10.6 Å². The molecule has 1 amide bonds. The Morgan fingerprint density at radius 1 is 1.21 bits per heavy atom. The lowest BCUT2D eigenvalue weighted by Crippen LogP contribution is -2.44. The summed E-state index contributed by atoms with van der Waals surface area (Å²) in [5.41, 5.74) is 2.38. The van der Waals surface area contributed by atoms with Crippen LogP contribution < -0.4 is 4.90 Å². The summed E-state index contributed by atoms with van der Waals surface area (Å²) in [6, 6.07) is 2.23. The molecule has 0 radical (unpaired) electrons. The van der Waals surface area contributed by atoms with Gasteiger partial charge in [0.1, 0.15) is 0 Å². The van der Waals surface area contributed by atoms with Crippen molar-refractivity contribution < 1.29 is 4.79 Å². The topological polar surface area (TPSA) is 39.7 Å². The van der Waals surface area contributed by atoms with Gasteiger partial charge in [-0.3, -0.25) is 4.79 Å². The molecule has 2 aliphatic rings. The second kappa shape index (κ2) is 6.46. The van der Waals surface area contributed by atoms with Crippen molar-refractivity contribution in [2.75, 3.05) is 44.7 Å². The average Bonchev–Trinajstić information content (AvgIpc) is 3.21. The van der Waals surface area contributed by atoms with Crippen molar-refractivity contribution in [3.05, 3.63) is 21.9 Å². The number of likely N-dealkylation sites (N-methyl/N-ethyl adjacent to an activating group) is 1. The Morgan fingerprint density at radius 3 is 2.75 bits per heavy atom. The number of hydrogen-bond donors (Lipinski definition) is 0. The van der Waals surface area contributed by atoms with Crippen LogP contribution in [0.4, 0.5) is 5.13 Å². The Kier molecular flexibility index (Phi) is 4.32. The molecule has 0 aromatic carbocycles. The number of piperazine rings is 1. The van der Waals surface area contributed by atoms with E-state index in [-0.39, 0.29) is 5.91 Å². The summed E-state index contributed by atoms with van der Waals surface area (Å²) in [7, 11) is 2.17. The fraction of sp³-hybridized carbons (Fsp3) is 0.529. The van der Waals surface area contributed by atoms with Crippen molar-refractivity contribution in [1.29, 1.82) is 0 Å². The molecule has 0 bridgehead atoms. The van der Waals surface area contributed by atoms with Crippen molar-refractivity contribution in [3.63, 3.8) is 0 Å². The molecule has 0 spiro atoms. The zero-order valence-electron chi connectivity index (χ0n) is 14.1. The summed E-state index contributed by atoms with van der Waals surface area (Å²) in [4.78, 5) is 25.8. The van der Waals surface area contributed by atoms with Gasteiger partial charge in [0, 0.05) is 56.4 Å². The van der Waals surface area contributed by atoms with Crippen molar-refractivity contribution in [2.24, 2.45) is 0 Å². The van der Waals surface area contributed by atoms with Crippen molar-refractivity contribution in [3.8, 4) is 10.6 Å². The number of aromatic nitrogens is 1. The largest absolute Gasteiger partial charge is 0.346 e. The monoisotopic (exact) mass is 362 g/mol. The molecule has 0 unspecified atom stereocenters. The molecular weight excluding hydrogens is 340 g/mol. The number of anilines is 1. The van der Waals surface area contributed by atoms with Crippen molar-refractivity contribution in [1.82, 2.24) is 14.8 Å². The number of thiophene rings is 1. The third-order valence-electron chi connectivity index (χ3n) is 4.83. The van der Waals surface area contributed by atoms with Gasteiger partial charge in [0.25, 0.3) is 0 Å². The SMILES string of the molecule is CC(=O)N1CCc2sc(-c3csc(N4CCN(C)CC4)n3)cc2C1. The molecule has 7 heteroatoms. The number of rotatable bonds is 2. The fourth-order valence-corrected chi connectivity index (χ4v) is 5.33. The van der Waals surface area contributed by atoms with Crippen LogP contribution in [0.5, 0.6) is 0 Å². The Morgan fingerprint density at radius 2 is 2.00 bits per heavy atom. The van der Waals surface area contributed by atoms with Crippen LogP contribution in [0.2, 0.25) is 0 Å². The molecule has 0 N–H and O–H groups in total. The van der Waals surface area contributed by atoms with Gasteiger partial charge in [-0.05, 0) is 25.1 Å². The predicted octanol–water partition coefficient (Wildman–Crippen LogP) is 2.53.